The molecule has 1 amide bonds. The van der Waals surface area contributed by atoms with Gasteiger partial charge >= 0.3 is 0 Å². The zero-order valence-electron chi connectivity index (χ0n) is 11.9. The van der Waals surface area contributed by atoms with Gasteiger partial charge in [0.15, 0.2) is 0 Å². The van der Waals surface area contributed by atoms with Crippen LogP contribution in [0.5, 0.6) is 0 Å². The molecule has 4 nitrogen and oxygen atoms in total. The molecule has 0 spiro atoms. The van der Waals surface area contributed by atoms with Gasteiger partial charge in [-0.15, -0.1) is 0 Å². The molecule has 0 saturated carbocycles. The number of aliphatic hydroxyl groups excluding tert-OH is 1. The van der Waals surface area contributed by atoms with E-state index in [0.717, 1.165) is 30.5 Å². The Bertz CT molecular complexity index is 489. The highest BCUT2D eigenvalue weighted by Crippen LogP contribution is 2.08. The van der Waals surface area contributed by atoms with E-state index in [-0.39, 0.29) is 19.1 Å². The van der Waals surface area contributed by atoms with Gasteiger partial charge in [0, 0.05) is 12.1 Å². The fraction of sp³-hybridized carbons (Fsp3) is 0.438. The summed E-state index contributed by atoms with van der Waals surface area (Å²) in [5.41, 5.74) is 7.24. The topological polar surface area (TPSA) is 66.6 Å². The maximum absolute atomic E-state index is 11.1. The van der Waals surface area contributed by atoms with E-state index in [1.165, 1.54) is 0 Å². The van der Waals surface area contributed by atoms with E-state index in [1.54, 1.807) is 0 Å². The number of rotatable bonds is 7. The third kappa shape index (κ3) is 6.37. The summed E-state index contributed by atoms with van der Waals surface area (Å²) in [7, 11) is 0. The highest BCUT2D eigenvalue weighted by Gasteiger charge is 2.08. The minimum atomic E-state index is -0.308. The van der Waals surface area contributed by atoms with Gasteiger partial charge in [0.2, 0.25) is 5.91 Å². The van der Waals surface area contributed by atoms with Gasteiger partial charge in [0.05, 0.1) is 6.54 Å². The van der Waals surface area contributed by atoms with Crippen molar-refractivity contribution in [3.63, 3.8) is 0 Å². The molecule has 0 fully saturated rings. The Balaban J connectivity index is 2.73. The Morgan fingerprint density at radius 1 is 1.45 bits per heavy atom. The third-order valence-electron chi connectivity index (χ3n) is 2.85. The fourth-order valence-electron chi connectivity index (χ4n) is 1.96. The van der Waals surface area contributed by atoms with Crippen molar-refractivity contribution < 1.29 is 9.90 Å². The van der Waals surface area contributed by atoms with E-state index in [0.29, 0.717) is 6.54 Å². The van der Waals surface area contributed by atoms with Crippen molar-refractivity contribution in [1.29, 1.82) is 0 Å². The lowest BCUT2D eigenvalue weighted by atomic mass is 10.1. The van der Waals surface area contributed by atoms with E-state index >= 15 is 0 Å². The third-order valence-corrected chi connectivity index (χ3v) is 2.85. The van der Waals surface area contributed by atoms with Crippen LogP contribution in [0.3, 0.4) is 0 Å². The van der Waals surface area contributed by atoms with Crippen molar-refractivity contribution in [3.8, 4) is 11.8 Å². The molecule has 0 aromatic heterocycles. The number of nitrogens with zero attached hydrogens (tertiary/aromatic N) is 1. The number of unbranched alkanes of at least 4 members (excludes halogenated alkanes) is 1. The molecule has 1 aromatic carbocycles. The summed E-state index contributed by atoms with van der Waals surface area (Å²) in [6.07, 6.45) is 2.12. The number of carbonyl (C=O) groups excluding carboxylic acids is 1. The first-order chi connectivity index (χ1) is 9.65. The highest BCUT2D eigenvalue weighted by atomic mass is 16.2. The van der Waals surface area contributed by atoms with Crippen LogP contribution in [-0.2, 0) is 11.3 Å². The smallest absolute Gasteiger partial charge is 0.231 e. The van der Waals surface area contributed by atoms with E-state index < -0.39 is 0 Å². The average Bonchev–Trinajstić information content (AvgIpc) is 2.42. The molecule has 0 aliphatic heterocycles. The Morgan fingerprint density at radius 3 is 2.90 bits per heavy atom. The number of hydrogen-bond acceptors (Lipinski definition) is 3. The van der Waals surface area contributed by atoms with Gasteiger partial charge < -0.3 is 10.8 Å². The van der Waals surface area contributed by atoms with E-state index in [9.17, 15) is 4.79 Å². The molecule has 0 aliphatic rings. The van der Waals surface area contributed by atoms with E-state index in [2.05, 4.69) is 18.8 Å². The number of benzene rings is 1. The van der Waals surface area contributed by atoms with Crippen LogP contribution in [-0.4, -0.2) is 35.6 Å². The standard InChI is InChI=1S/C16H22N2O2/c1-2-3-9-18(13-16(17)20)12-15-7-4-6-14(11-15)8-5-10-19/h4,6-7,11,19H,2-3,9-10,12-13H2,1H3,(H2,17,20). The van der Waals surface area contributed by atoms with Crippen LogP contribution in [0.2, 0.25) is 0 Å². The molecule has 0 saturated heterocycles. The van der Waals surface area contributed by atoms with Gasteiger partial charge in [-0.25, -0.2) is 0 Å². The molecule has 0 bridgehead atoms. The number of carbonyl (C=O) groups is 1. The van der Waals surface area contributed by atoms with Gasteiger partial charge in [-0.1, -0.05) is 37.3 Å². The van der Waals surface area contributed by atoms with Crippen LogP contribution in [0.15, 0.2) is 24.3 Å². The average molecular weight is 274 g/mol. The largest absolute Gasteiger partial charge is 0.384 e. The molecule has 0 radical (unpaired) electrons. The maximum Gasteiger partial charge on any atom is 0.231 e. The van der Waals surface area contributed by atoms with Crippen molar-refractivity contribution in [2.75, 3.05) is 19.7 Å². The van der Waals surface area contributed by atoms with Crippen LogP contribution >= 0.6 is 0 Å². The second kappa shape index (κ2) is 9.13. The summed E-state index contributed by atoms with van der Waals surface area (Å²) in [6.45, 7) is 3.78. The quantitative estimate of drug-likeness (QED) is 0.732. The normalized spacial score (nSPS) is 10.2. The Hall–Kier alpha value is -1.83. The minimum Gasteiger partial charge on any atom is -0.384 e. The first-order valence-corrected chi connectivity index (χ1v) is 6.85. The SMILES string of the molecule is CCCCN(CC(N)=O)Cc1cccc(C#CCO)c1. The molecule has 0 heterocycles. The minimum absolute atomic E-state index is 0.144. The first-order valence-electron chi connectivity index (χ1n) is 6.85. The Labute approximate surface area is 120 Å². The van der Waals surface area contributed by atoms with Crippen LogP contribution in [0, 0.1) is 11.8 Å². The van der Waals surface area contributed by atoms with Crippen LogP contribution < -0.4 is 5.73 Å². The van der Waals surface area contributed by atoms with Crippen molar-refractivity contribution in [2.45, 2.75) is 26.3 Å². The lowest BCUT2D eigenvalue weighted by Crippen LogP contribution is -2.34. The summed E-state index contributed by atoms with van der Waals surface area (Å²) in [5, 5.41) is 8.71. The van der Waals surface area contributed by atoms with Gasteiger partial charge in [-0.05, 0) is 30.7 Å². The summed E-state index contributed by atoms with van der Waals surface area (Å²) in [5.74, 6) is 5.20. The molecule has 0 atom stereocenters. The van der Waals surface area contributed by atoms with Crippen LogP contribution in [0.25, 0.3) is 0 Å². The summed E-state index contributed by atoms with van der Waals surface area (Å²) in [6, 6.07) is 7.81. The van der Waals surface area contributed by atoms with Gasteiger partial charge in [-0.3, -0.25) is 9.69 Å². The van der Waals surface area contributed by atoms with Crippen molar-refractivity contribution >= 4 is 5.91 Å². The Kier molecular flexibility index (Phi) is 7.41. The number of primary amides is 1. The number of hydrogen-bond donors (Lipinski definition) is 2. The summed E-state index contributed by atoms with van der Waals surface area (Å²) in [4.78, 5) is 13.1. The maximum atomic E-state index is 11.1. The van der Waals surface area contributed by atoms with Crippen molar-refractivity contribution in [1.82, 2.24) is 4.90 Å². The first kappa shape index (κ1) is 16.2. The molecule has 20 heavy (non-hydrogen) atoms. The summed E-state index contributed by atoms with van der Waals surface area (Å²) >= 11 is 0. The number of amides is 1. The Morgan fingerprint density at radius 2 is 2.25 bits per heavy atom. The molecule has 1 aromatic rings. The lowest BCUT2D eigenvalue weighted by molar-refractivity contribution is -0.119. The van der Waals surface area contributed by atoms with Crippen LogP contribution in [0.1, 0.15) is 30.9 Å². The number of aliphatic hydroxyl groups is 1. The molecule has 108 valence electrons. The monoisotopic (exact) mass is 274 g/mol. The molecule has 3 N–H and O–H groups in total. The second-order valence-corrected chi connectivity index (χ2v) is 4.69. The van der Waals surface area contributed by atoms with Crippen molar-refractivity contribution in [3.05, 3.63) is 35.4 Å². The lowest BCUT2D eigenvalue weighted by Gasteiger charge is -2.20. The summed E-state index contributed by atoms with van der Waals surface area (Å²) < 4.78 is 0. The van der Waals surface area contributed by atoms with Gasteiger partial charge in [-0.2, -0.15) is 0 Å². The predicted octanol–water partition coefficient (Wildman–Crippen LogP) is 1.12. The fourth-order valence-corrected chi connectivity index (χ4v) is 1.96. The second-order valence-electron chi connectivity index (χ2n) is 4.69. The molecule has 4 heteroatoms. The molecular weight excluding hydrogens is 252 g/mol. The zero-order valence-corrected chi connectivity index (χ0v) is 11.9. The van der Waals surface area contributed by atoms with Crippen molar-refractivity contribution in [2.24, 2.45) is 5.73 Å². The molecule has 0 unspecified atom stereocenters. The molecule has 1 rings (SSSR count). The van der Waals surface area contributed by atoms with Gasteiger partial charge in [0.25, 0.3) is 0 Å². The highest BCUT2D eigenvalue weighted by molar-refractivity contribution is 5.75. The van der Waals surface area contributed by atoms with E-state index in [4.69, 9.17) is 10.8 Å². The van der Waals surface area contributed by atoms with E-state index in [1.807, 2.05) is 29.2 Å². The number of nitrogens with two attached hydrogens (primary N) is 1. The zero-order chi connectivity index (χ0) is 14.8. The molecular formula is C16H22N2O2. The molecule has 0 aliphatic carbocycles. The van der Waals surface area contributed by atoms with Crippen LogP contribution in [0.4, 0.5) is 0 Å². The van der Waals surface area contributed by atoms with Gasteiger partial charge in [0.1, 0.15) is 6.61 Å². The predicted molar refractivity (Wildman–Crippen MR) is 79.8 cm³/mol.